The van der Waals surface area contributed by atoms with Crippen LogP contribution in [0.15, 0.2) is 30.6 Å². The number of aromatic hydroxyl groups is 1. The molecule has 0 atom stereocenters. The van der Waals surface area contributed by atoms with E-state index >= 15 is 0 Å². The van der Waals surface area contributed by atoms with Gasteiger partial charge in [-0.25, -0.2) is 0 Å². The van der Waals surface area contributed by atoms with Crippen LogP contribution in [-0.4, -0.2) is 20.8 Å². The van der Waals surface area contributed by atoms with Gasteiger partial charge in [0.2, 0.25) is 0 Å². The van der Waals surface area contributed by atoms with Crippen molar-refractivity contribution in [1.29, 1.82) is 0 Å². The summed E-state index contributed by atoms with van der Waals surface area (Å²) in [5.41, 5.74) is 1.85. The molecule has 1 aromatic carbocycles. The molecule has 20 heavy (non-hydrogen) atoms. The van der Waals surface area contributed by atoms with Crippen LogP contribution in [0.5, 0.6) is 5.75 Å². The van der Waals surface area contributed by atoms with Crippen LogP contribution >= 0.6 is 0 Å². The highest BCUT2D eigenvalue weighted by Gasteiger charge is 2.17. The summed E-state index contributed by atoms with van der Waals surface area (Å²) in [5.74, 6) is -0.241. The van der Waals surface area contributed by atoms with Crippen LogP contribution in [-0.2, 0) is 12.5 Å². The van der Waals surface area contributed by atoms with Gasteiger partial charge in [0.25, 0.3) is 5.91 Å². The average molecular weight is 273 g/mol. The lowest BCUT2D eigenvalue weighted by Crippen LogP contribution is -2.14. The van der Waals surface area contributed by atoms with E-state index in [1.54, 1.807) is 30.1 Å². The van der Waals surface area contributed by atoms with Gasteiger partial charge in [0.15, 0.2) is 0 Å². The Morgan fingerprint density at radius 1 is 1.35 bits per heavy atom. The first-order valence-electron chi connectivity index (χ1n) is 6.41. The van der Waals surface area contributed by atoms with E-state index in [-0.39, 0.29) is 17.1 Å². The number of benzene rings is 1. The van der Waals surface area contributed by atoms with Gasteiger partial charge in [-0.2, -0.15) is 5.10 Å². The van der Waals surface area contributed by atoms with Gasteiger partial charge in [-0.15, -0.1) is 0 Å². The minimum Gasteiger partial charge on any atom is -0.506 e. The monoisotopic (exact) mass is 273 g/mol. The Labute approximate surface area is 118 Å². The second-order valence-electron chi connectivity index (χ2n) is 5.84. The minimum atomic E-state index is -0.292. The van der Waals surface area contributed by atoms with Crippen molar-refractivity contribution in [2.24, 2.45) is 7.05 Å². The Hall–Kier alpha value is -2.30. The second kappa shape index (κ2) is 5.00. The Morgan fingerprint density at radius 2 is 2.05 bits per heavy atom. The minimum absolute atomic E-state index is 0.0511. The number of carbonyl (C=O) groups excluding carboxylic acids is 1. The van der Waals surface area contributed by atoms with Gasteiger partial charge in [0.1, 0.15) is 5.75 Å². The van der Waals surface area contributed by atoms with Crippen LogP contribution < -0.4 is 5.32 Å². The van der Waals surface area contributed by atoms with Crippen LogP contribution in [0.1, 0.15) is 36.7 Å². The highest BCUT2D eigenvalue weighted by molar-refractivity contribution is 6.04. The molecule has 106 valence electrons. The lowest BCUT2D eigenvalue weighted by Gasteiger charge is -2.20. The third kappa shape index (κ3) is 2.99. The summed E-state index contributed by atoms with van der Waals surface area (Å²) in [6.07, 6.45) is 3.11. The second-order valence-corrected chi connectivity index (χ2v) is 5.84. The predicted octanol–water partition coefficient (Wildman–Crippen LogP) is 2.68. The smallest absolute Gasteiger partial charge is 0.258 e. The number of carbonyl (C=O) groups is 1. The van der Waals surface area contributed by atoms with Crippen molar-refractivity contribution in [3.63, 3.8) is 0 Å². The van der Waals surface area contributed by atoms with Gasteiger partial charge in [-0.3, -0.25) is 9.48 Å². The molecule has 5 nitrogen and oxygen atoms in total. The molecule has 0 aliphatic rings. The summed E-state index contributed by atoms with van der Waals surface area (Å²) < 4.78 is 1.56. The number of aryl methyl sites for hydroxylation is 1. The van der Waals surface area contributed by atoms with Crippen LogP contribution in [0, 0.1) is 0 Å². The zero-order valence-electron chi connectivity index (χ0n) is 12.1. The number of rotatable bonds is 2. The number of aromatic nitrogens is 2. The van der Waals surface area contributed by atoms with E-state index in [4.69, 9.17) is 0 Å². The lowest BCUT2D eigenvalue weighted by atomic mass is 9.87. The van der Waals surface area contributed by atoms with E-state index in [1.807, 2.05) is 6.07 Å². The number of nitrogens with zero attached hydrogens (tertiary/aromatic N) is 2. The third-order valence-electron chi connectivity index (χ3n) is 3.08. The van der Waals surface area contributed by atoms with Crippen molar-refractivity contribution in [2.75, 3.05) is 5.32 Å². The quantitative estimate of drug-likeness (QED) is 0.827. The van der Waals surface area contributed by atoms with E-state index in [0.717, 1.165) is 5.56 Å². The first-order valence-corrected chi connectivity index (χ1v) is 6.41. The predicted molar refractivity (Wildman–Crippen MR) is 78.0 cm³/mol. The van der Waals surface area contributed by atoms with Crippen molar-refractivity contribution in [3.8, 4) is 5.75 Å². The van der Waals surface area contributed by atoms with E-state index in [1.165, 1.54) is 6.20 Å². The fraction of sp³-hybridized carbons (Fsp3) is 0.333. The molecule has 0 fully saturated rings. The number of hydrogen-bond acceptors (Lipinski definition) is 3. The maximum Gasteiger partial charge on any atom is 0.258 e. The first kappa shape index (κ1) is 14.1. The van der Waals surface area contributed by atoms with Gasteiger partial charge in [0.05, 0.1) is 17.4 Å². The van der Waals surface area contributed by atoms with E-state index in [0.29, 0.717) is 11.3 Å². The Morgan fingerprint density at radius 3 is 2.60 bits per heavy atom. The SMILES string of the molecule is Cn1cc(C(=O)Nc2cc(C(C)(C)C)ccc2O)cn1. The molecule has 0 bridgehead atoms. The summed E-state index contributed by atoms with van der Waals surface area (Å²) in [6.45, 7) is 6.23. The van der Waals surface area contributed by atoms with Crippen molar-refractivity contribution in [3.05, 3.63) is 41.7 Å². The normalized spacial score (nSPS) is 11.4. The molecule has 0 saturated heterocycles. The van der Waals surface area contributed by atoms with Gasteiger partial charge < -0.3 is 10.4 Å². The number of hydrogen-bond donors (Lipinski definition) is 2. The molecule has 0 radical (unpaired) electrons. The number of phenols is 1. The summed E-state index contributed by atoms with van der Waals surface area (Å²) in [6, 6.07) is 5.25. The van der Waals surface area contributed by atoms with E-state index in [9.17, 15) is 9.90 Å². The van der Waals surface area contributed by atoms with Gasteiger partial charge in [-0.05, 0) is 23.1 Å². The molecule has 0 aliphatic heterocycles. The number of nitrogens with one attached hydrogen (secondary N) is 1. The Balaban J connectivity index is 2.27. The van der Waals surface area contributed by atoms with Crippen molar-refractivity contribution in [2.45, 2.75) is 26.2 Å². The molecule has 1 aromatic heterocycles. The number of amides is 1. The zero-order valence-corrected chi connectivity index (χ0v) is 12.1. The third-order valence-corrected chi connectivity index (χ3v) is 3.08. The molecule has 0 spiro atoms. The maximum atomic E-state index is 12.1. The first-order chi connectivity index (χ1) is 9.27. The number of anilines is 1. The van der Waals surface area contributed by atoms with Crippen molar-refractivity contribution in [1.82, 2.24) is 9.78 Å². The van der Waals surface area contributed by atoms with Crippen LogP contribution in [0.3, 0.4) is 0 Å². The van der Waals surface area contributed by atoms with E-state index in [2.05, 4.69) is 31.2 Å². The molecule has 1 amide bonds. The molecular weight excluding hydrogens is 254 g/mol. The van der Waals surface area contributed by atoms with Crippen molar-refractivity contribution >= 4 is 11.6 Å². The molecule has 0 unspecified atom stereocenters. The highest BCUT2D eigenvalue weighted by atomic mass is 16.3. The molecular formula is C15H19N3O2. The van der Waals surface area contributed by atoms with Gasteiger partial charge in [0, 0.05) is 13.2 Å². The molecule has 2 aromatic rings. The summed E-state index contributed by atoms with van der Waals surface area (Å²) in [7, 11) is 1.74. The summed E-state index contributed by atoms with van der Waals surface area (Å²) >= 11 is 0. The fourth-order valence-corrected chi connectivity index (χ4v) is 1.84. The fourth-order valence-electron chi connectivity index (χ4n) is 1.84. The van der Waals surface area contributed by atoms with Crippen LogP contribution in [0.2, 0.25) is 0 Å². The standard InChI is InChI=1S/C15H19N3O2/c1-15(2,3)11-5-6-13(19)12(7-11)17-14(20)10-8-16-18(4)9-10/h5-9,19H,1-4H3,(H,17,20). The summed E-state index contributed by atoms with van der Waals surface area (Å²) in [5, 5.41) is 16.5. The number of phenolic OH excluding ortho intramolecular Hbond substituents is 1. The molecule has 2 rings (SSSR count). The highest BCUT2D eigenvalue weighted by Crippen LogP contribution is 2.30. The van der Waals surface area contributed by atoms with Crippen LogP contribution in [0.4, 0.5) is 5.69 Å². The molecule has 0 aliphatic carbocycles. The average Bonchev–Trinajstić information content (AvgIpc) is 2.77. The van der Waals surface area contributed by atoms with Crippen molar-refractivity contribution < 1.29 is 9.90 Å². The van der Waals surface area contributed by atoms with Crippen LogP contribution in [0.25, 0.3) is 0 Å². The maximum absolute atomic E-state index is 12.1. The Bertz CT molecular complexity index is 639. The zero-order chi connectivity index (χ0) is 14.9. The van der Waals surface area contributed by atoms with Gasteiger partial charge >= 0.3 is 0 Å². The lowest BCUT2D eigenvalue weighted by molar-refractivity contribution is 0.102. The topological polar surface area (TPSA) is 67.2 Å². The molecule has 0 saturated carbocycles. The molecule has 5 heteroatoms. The molecule has 1 heterocycles. The molecule has 2 N–H and O–H groups in total. The summed E-state index contributed by atoms with van der Waals surface area (Å²) in [4.78, 5) is 12.1. The van der Waals surface area contributed by atoms with E-state index < -0.39 is 0 Å². The largest absolute Gasteiger partial charge is 0.506 e. The van der Waals surface area contributed by atoms with Gasteiger partial charge in [-0.1, -0.05) is 26.8 Å². The Kier molecular flexibility index (Phi) is 3.53.